The predicted molar refractivity (Wildman–Crippen MR) is 88.0 cm³/mol. The number of hydrogen-bond acceptors (Lipinski definition) is 3. The third kappa shape index (κ3) is 3.03. The van der Waals surface area contributed by atoms with Gasteiger partial charge in [-0.15, -0.1) is 0 Å². The minimum Gasteiger partial charge on any atom is -0.395 e. The first-order valence-corrected chi connectivity index (χ1v) is 8.44. The molecule has 4 heteroatoms. The van der Waals surface area contributed by atoms with Gasteiger partial charge in [-0.1, -0.05) is 25.1 Å². The average molecular weight is 302 g/mol. The summed E-state index contributed by atoms with van der Waals surface area (Å²) in [5.41, 5.74) is 2.34. The quantitative estimate of drug-likeness (QED) is 0.929. The highest BCUT2D eigenvalue weighted by molar-refractivity contribution is 5.96. The fourth-order valence-electron chi connectivity index (χ4n) is 3.88. The Hall–Kier alpha value is -1.39. The highest BCUT2D eigenvalue weighted by Gasteiger charge is 2.31. The van der Waals surface area contributed by atoms with Crippen LogP contribution in [0, 0.1) is 5.92 Å². The largest absolute Gasteiger partial charge is 0.395 e. The summed E-state index contributed by atoms with van der Waals surface area (Å²) in [4.78, 5) is 16.9. The molecule has 1 fully saturated rings. The van der Waals surface area contributed by atoms with E-state index in [-0.39, 0.29) is 18.6 Å². The van der Waals surface area contributed by atoms with Crippen molar-refractivity contribution < 1.29 is 9.90 Å². The number of para-hydroxylation sites is 1. The number of aliphatic hydroxyl groups excluding tert-OH is 1. The van der Waals surface area contributed by atoms with Gasteiger partial charge >= 0.3 is 0 Å². The molecule has 0 radical (unpaired) electrons. The second-order valence-corrected chi connectivity index (χ2v) is 6.62. The summed E-state index contributed by atoms with van der Waals surface area (Å²) in [6, 6.07) is 8.34. The molecule has 3 rings (SSSR count). The second-order valence-electron chi connectivity index (χ2n) is 6.62. The number of amides is 1. The van der Waals surface area contributed by atoms with Gasteiger partial charge < -0.3 is 10.0 Å². The monoisotopic (exact) mass is 302 g/mol. The Morgan fingerprint density at radius 2 is 2.09 bits per heavy atom. The summed E-state index contributed by atoms with van der Waals surface area (Å²) in [7, 11) is 0. The third-order valence-electron chi connectivity index (χ3n) is 5.17. The first-order chi connectivity index (χ1) is 10.7. The zero-order valence-electron chi connectivity index (χ0n) is 13.4. The number of aryl methyl sites for hydroxylation is 1. The Bertz CT molecular complexity index is 532. The molecule has 120 valence electrons. The smallest absolute Gasteiger partial charge is 0.241 e. The lowest BCUT2D eigenvalue weighted by atomic mass is 9.91. The van der Waals surface area contributed by atoms with Crippen LogP contribution in [-0.4, -0.2) is 48.2 Å². The molecule has 1 aromatic carbocycles. The van der Waals surface area contributed by atoms with Crippen molar-refractivity contribution in [3.05, 3.63) is 29.8 Å². The fraction of sp³-hybridized carbons (Fsp3) is 0.611. The van der Waals surface area contributed by atoms with Crippen LogP contribution in [0.15, 0.2) is 24.3 Å². The molecule has 22 heavy (non-hydrogen) atoms. The van der Waals surface area contributed by atoms with Crippen LogP contribution in [0.1, 0.15) is 31.7 Å². The van der Waals surface area contributed by atoms with Crippen molar-refractivity contribution in [2.24, 2.45) is 5.92 Å². The number of hydrogen-bond donors (Lipinski definition) is 1. The maximum absolute atomic E-state index is 12.8. The molecule has 0 aromatic heterocycles. The van der Waals surface area contributed by atoms with Crippen molar-refractivity contribution in [1.82, 2.24) is 4.90 Å². The molecule has 1 amide bonds. The normalized spacial score (nSPS) is 25.8. The molecule has 2 aliphatic heterocycles. The van der Waals surface area contributed by atoms with Gasteiger partial charge in [0.05, 0.1) is 13.2 Å². The van der Waals surface area contributed by atoms with E-state index < -0.39 is 0 Å². The number of anilines is 1. The van der Waals surface area contributed by atoms with Crippen LogP contribution in [0.4, 0.5) is 5.69 Å². The topological polar surface area (TPSA) is 43.8 Å². The van der Waals surface area contributed by atoms with E-state index in [2.05, 4.69) is 24.0 Å². The Morgan fingerprint density at radius 1 is 1.27 bits per heavy atom. The molecule has 0 spiro atoms. The lowest BCUT2D eigenvalue weighted by molar-refractivity contribution is -0.121. The van der Waals surface area contributed by atoms with Crippen molar-refractivity contribution in [3.8, 4) is 0 Å². The van der Waals surface area contributed by atoms with Gasteiger partial charge in [-0.05, 0) is 49.8 Å². The van der Waals surface area contributed by atoms with Gasteiger partial charge in [0.2, 0.25) is 5.91 Å². The van der Waals surface area contributed by atoms with E-state index >= 15 is 0 Å². The second kappa shape index (κ2) is 6.80. The summed E-state index contributed by atoms with van der Waals surface area (Å²) in [5, 5.41) is 9.65. The number of nitrogens with zero attached hydrogens (tertiary/aromatic N) is 2. The minimum atomic E-state index is 0.123. The zero-order chi connectivity index (χ0) is 15.5. The summed E-state index contributed by atoms with van der Waals surface area (Å²) < 4.78 is 0. The number of carbonyl (C=O) groups is 1. The zero-order valence-corrected chi connectivity index (χ0v) is 13.4. The Labute approximate surface area is 132 Å². The van der Waals surface area contributed by atoms with Crippen molar-refractivity contribution in [1.29, 1.82) is 0 Å². The predicted octanol–water partition coefficient (Wildman–Crippen LogP) is 2.06. The SMILES string of the molecule is CC1CCCN(CC(=O)N2CCCc3ccccc32)C1CO. The van der Waals surface area contributed by atoms with Crippen molar-refractivity contribution in [2.75, 3.05) is 31.1 Å². The van der Waals surface area contributed by atoms with Crippen LogP contribution < -0.4 is 4.90 Å². The Kier molecular flexibility index (Phi) is 4.79. The highest BCUT2D eigenvalue weighted by atomic mass is 16.3. The van der Waals surface area contributed by atoms with Crippen molar-refractivity contribution in [2.45, 2.75) is 38.6 Å². The van der Waals surface area contributed by atoms with Crippen LogP contribution >= 0.6 is 0 Å². The number of likely N-dealkylation sites (tertiary alicyclic amines) is 1. The molecule has 2 heterocycles. The maximum atomic E-state index is 12.8. The molecule has 2 atom stereocenters. The lowest BCUT2D eigenvalue weighted by Crippen LogP contribution is -2.51. The van der Waals surface area contributed by atoms with Crippen LogP contribution in [0.25, 0.3) is 0 Å². The molecule has 0 saturated carbocycles. The minimum absolute atomic E-state index is 0.123. The lowest BCUT2D eigenvalue weighted by Gasteiger charge is -2.40. The van der Waals surface area contributed by atoms with Gasteiger partial charge in [-0.2, -0.15) is 0 Å². The average Bonchev–Trinajstić information content (AvgIpc) is 2.54. The van der Waals surface area contributed by atoms with Crippen molar-refractivity contribution >= 4 is 11.6 Å². The molecular weight excluding hydrogens is 276 g/mol. The molecule has 1 saturated heterocycles. The van der Waals surface area contributed by atoms with E-state index in [0.717, 1.165) is 44.5 Å². The van der Waals surface area contributed by atoms with Gasteiger partial charge in [0.1, 0.15) is 0 Å². The summed E-state index contributed by atoms with van der Waals surface area (Å²) >= 11 is 0. The van der Waals surface area contributed by atoms with E-state index in [9.17, 15) is 9.90 Å². The van der Waals surface area contributed by atoms with E-state index in [1.165, 1.54) is 5.56 Å². The Morgan fingerprint density at radius 3 is 2.91 bits per heavy atom. The number of piperidine rings is 1. The molecule has 4 nitrogen and oxygen atoms in total. The highest BCUT2D eigenvalue weighted by Crippen LogP contribution is 2.28. The first-order valence-electron chi connectivity index (χ1n) is 8.44. The number of benzene rings is 1. The molecule has 2 unspecified atom stereocenters. The van der Waals surface area contributed by atoms with Crippen LogP contribution in [-0.2, 0) is 11.2 Å². The summed E-state index contributed by atoms with van der Waals surface area (Å²) in [6.07, 6.45) is 4.34. The molecule has 1 N–H and O–H groups in total. The number of carbonyl (C=O) groups excluding carboxylic acids is 1. The number of rotatable bonds is 3. The summed E-state index contributed by atoms with van der Waals surface area (Å²) in [5.74, 6) is 0.625. The molecule has 0 bridgehead atoms. The van der Waals surface area contributed by atoms with E-state index in [1.807, 2.05) is 17.0 Å². The fourth-order valence-corrected chi connectivity index (χ4v) is 3.88. The number of fused-ring (bicyclic) bond motifs is 1. The maximum Gasteiger partial charge on any atom is 0.241 e. The van der Waals surface area contributed by atoms with Crippen LogP contribution in [0.3, 0.4) is 0 Å². The first kappa shape index (κ1) is 15.5. The van der Waals surface area contributed by atoms with E-state index in [4.69, 9.17) is 0 Å². The van der Waals surface area contributed by atoms with Gasteiger partial charge in [0, 0.05) is 18.3 Å². The molecule has 2 aliphatic rings. The van der Waals surface area contributed by atoms with E-state index in [0.29, 0.717) is 12.5 Å². The number of aliphatic hydroxyl groups is 1. The van der Waals surface area contributed by atoms with Gasteiger partial charge in [-0.25, -0.2) is 0 Å². The van der Waals surface area contributed by atoms with Crippen molar-refractivity contribution in [3.63, 3.8) is 0 Å². The van der Waals surface area contributed by atoms with E-state index in [1.54, 1.807) is 0 Å². The standard InChI is InChI=1S/C18H26N2O2/c1-14-6-4-10-19(17(14)13-21)12-18(22)20-11-5-8-15-7-2-3-9-16(15)20/h2-3,7,9,14,17,21H,4-6,8,10-13H2,1H3. The van der Waals surface area contributed by atoms with Gasteiger partial charge in [0.25, 0.3) is 0 Å². The molecular formula is C18H26N2O2. The van der Waals surface area contributed by atoms with Gasteiger partial charge in [-0.3, -0.25) is 9.69 Å². The van der Waals surface area contributed by atoms with Crippen LogP contribution in [0.2, 0.25) is 0 Å². The Balaban J connectivity index is 1.72. The van der Waals surface area contributed by atoms with Gasteiger partial charge in [0.15, 0.2) is 0 Å². The third-order valence-corrected chi connectivity index (χ3v) is 5.17. The molecule has 1 aromatic rings. The van der Waals surface area contributed by atoms with Crippen LogP contribution in [0.5, 0.6) is 0 Å². The molecule has 0 aliphatic carbocycles. The summed E-state index contributed by atoms with van der Waals surface area (Å²) in [6.45, 7) is 4.46.